The fraction of sp³-hybridized carbons (Fsp3) is 0.462. The van der Waals surface area contributed by atoms with Gasteiger partial charge in [0.1, 0.15) is 5.75 Å². The van der Waals surface area contributed by atoms with E-state index in [1.54, 1.807) is 12.1 Å². The first kappa shape index (κ1) is 16.8. The van der Waals surface area contributed by atoms with E-state index in [1.165, 1.54) is 0 Å². The number of thiocarbonyl (C=S) groups is 1. The highest BCUT2D eigenvalue weighted by molar-refractivity contribution is 7.80. The standard InChI is InChI=1S/C13H16Cl3NOS/c1-13(2,12(17)19)4-3-5-18-11-7-9(15)8(14)6-10(11)16/h6-7H,3-5H2,1-2H3,(H2,17,19). The van der Waals surface area contributed by atoms with Crippen LogP contribution in [0.3, 0.4) is 0 Å². The molecular weight excluding hydrogens is 325 g/mol. The molecule has 0 aliphatic rings. The Morgan fingerprint density at radius 3 is 2.37 bits per heavy atom. The predicted octanol–water partition coefficient (Wildman–Crippen LogP) is 5.12. The van der Waals surface area contributed by atoms with Gasteiger partial charge in [0.15, 0.2) is 0 Å². The maximum Gasteiger partial charge on any atom is 0.139 e. The van der Waals surface area contributed by atoms with Crippen molar-refractivity contribution in [2.24, 2.45) is 11.1 Å². The van der Waals surface area contributed by atoms with Crippen molar-refractivity contribution in [3.8, 4) is 5.75 Å². The average molecular weight is 341 g/mol. The molecule has 0 aromatic heterocycles. The lowest BCUT2D eigenvalue weighted by molar-refractivity contribution is 0.288. The summed E-state index contributed by atoms with van der Waals surface area (Å²) in [6.07, 6.45) is 1.67. The zero-order valence-corrected chi connectivity index (χ0v) is 13.9. The van der Waals surface area contributed by atoms with Crippen molar-refractivity contribution in [1.29, 1.82) is 0 Å². The van der Waals surface area contributed by atoms with Crippen molar-refractivity contribution >= 4 is 52.0 Å². The quantitative estimate of drug-likeness (QED) is 0.443. The number of rotatable bonds is 6. The van der Waals surface area contributed by atoms with E-state index in [0.717, 1.165) is 12.8 Å². The lowest BCUT2D eigenvalue weighted by atomic mass is 9.88. The van der Waals surface area contributed by atoms with E-state index in [-0.39, 0.29) is 5.41 Å². The summed E-state index contributed by atoms with van der Waals surface area (Å²) in [5.41, 5.74) is 5.50. The van der Waals surface area contributed by atoms with Crippen LogP contribution in [0.25, 0.3) is 0 Å². The van der Waals surface area contributed by atoms with Gasteiger partial charge in [-0.2, -0.15) is 0 Å². The molecule has 1 rings (SSSR count). The summed E-state index contributed by atoms with van der Waals surface area (Å²) in [5, 5.41) is 1.28. The summed E-state index contributed by atoms with van der Waals surface area (Å²) in [6.45, 7) is 4.55. The minimum atomic E-state index is -0.167. The molecular formula is C13H16Cl3NOS. The highest BCUT2D eigenvalue weighted by atomic mass is 35.5. The first-order chi connectivity index (χ1) is 8.74. The molecule has 0 aliphatic carbocycles. The Kier molecular flexibility index (Phi) is 6.18. The number of halogens is 3. The van der Waals surface area contributed by atoms with Crippen molar-refractivity contribution in [2.75, 3.05) is 6.61 Å². The van der Waals surface area contributed by atoms with E-state index in [0.29, 0.717) is 32.4 Å². The number of hydrogen-bond donors (Lipinski definition) is 1. The second-order valence-electron chi connectivity index (χ2n) is 4.90. The summed E-state index contributed by atoms with van der Waals surface area (Å²) in [6, 6.07) is 3.19. The number of nitrogens with two attached hydrogens (primary N) is 1. The maximum atomic E-state index is 6.01. The third kappa shape index (κ3) is 4.99. The van der Waals surface area contributed by atoms with Crippen LogP contribution in [0.2, 0.25) is 15.1 Å². The normalized spacial score (nSPS) is 11.4. The van der Waals surface area contributed by atoms with Crippen LogP contribution in [-0.4, -0.2) is 11.6 Å². The van der Waals surface area contributed by atoms with Gasteiger partial charge in [-0.05, 0) is 18.9 Å². The number of hydrogen-bond acceptors (Lipinski definition) is 2. The lowest BCUT2D eigenvalue weighted by Gasteiger charge is -2.22. The van der Waals surface area contributed by atoms with Crippen LogP contribution < -0.4 is 10.5 Å². The van der Waals surface area contributed by atoms with Crippen LogP contribution in [0.4, 0.5) is 0 Å². The van der Waals surface area contributed by atoms with Crippen molar-refractivity contribution in [3.05, 3.63) is 27.2 Å². The van der Waals surface area contributed by atoms with Gasteiger partial charge in [0.05, 0.1) is 26.7 Å². The SMILES string of the molecule is CC(C)(CCCOc1cc(Cl)c(Cl)cc1Cl)C(N)=S. The zero-order chi connectivity index (χ0) is 14.6. The molecule has 0 amide bonds. The number of ether oxygens (including phenoxy) is 1. The van der Waals surface area contributed by atoms with Crippen molar-refractivity contribution in [1.82, 2.24) is 0 Å². The van der Waals surface area contributed by atoms with E-state index in [9.17, 15) is 0 Å². The molecule has 0 heterocycles. The molecule has 0 bridgehead atoms. The van der Waals surface area contributed by atoms with Crippen LogP contribution in [0, 0.1) is 5.41 Å². The van der Waals surface area contributed by atoms with E-state index in [1.807, 2.05) is 13.8 Å². The van der Waals surface area contributed by atoms with Gasteiger partial charge in [0.25, 0.3) is 0 Å². The van der Waals surface area contributed by atoms with Gasteiger partial charge in [-0.25, -0.2) is 0 Å². The van der Waals surface area contributed by atoms with Crippen LogP contribution in [0.5, 0.6) is 5.75 Å². The minimum absolute atomic E-state index is 0.167. The Bertz CT molecular complexity index is 477. The molecule has 1 aromatic carbocycles. The van der Waals surface area contributed by atoms with Gasteiger partial charge in [0, 0.05) is 11.5 Å². The summed E-state index contributed by atoms with van der Waals surface area (Å²) >= 11 is 22.8. The third-order valence-corrected chi connectivity index (χ3v) is 4.42. The molecule has 0 saturated carbocycles. The van der Waals surface area contributed by atoms with E-state index < -0.39 is 0 Å². The molecule has 6 heteroatoms. The molecule has 0 atom stereocenters. The number of benzene rings is 1. The van der Waals surface area contributed by atoms with E-state index >= 15 is 0 Å². The van der Waals surface area contributed by atoms with Crippen LogP contribution >= 0.6 is 47.0 Å². The van der Waals surface area contributed by atoms with Gasteiger partial charge < -0.3 is 10.5 Å². The van der Waals surface area contributed by atoms with Crippen LogP contribution in [-0.2, 0) is 0 Å². The molecule has 0 aliphatic heterocycles. The Labute approximate surface area is 134 Å². The smallest absolute Gasteiger partial charge is 0.139 e. The molecule has 0 saturated heterocycles. The largest absolute Gasteiger partial charge is 0.492 e. The summed E-state index contributed by atoms with van der Waals surface area (Å²) in [7, 11) is 0. The molecule has 106 valence electrons. The molecule has 2 nitrogen and oxygen atoms in total. The predicted molar refractivity (Wildman–Crippen MR) is 86.8 cm³/mol. The maximum absolute atomic E-state index is 6.01. The molecule has 2 N–H and O–H groups in total. The fourth-order valence-corrected chi connectivity index (χ4v) is 2.13. The first-order valence-electron chi connectivity index (χ1n) is 5.81. The molecule has 0 radical (unpaired) electrons. The molecule has 19 heavy (non-hydrogen) atoms. The van der Waals surface area contributed by atoms with Crippen molar-refractivity contribution in [2.45, 2.75) is 26.7 Å². The van der Waals surface area contributed by atoms with E-state index in [4.69, 9.17) is 57.5 Å². The Morgan fingerprint density at radius 2 is 1.79 bits per heavy atom. The second kappa shape index (κ2) is 6.98. The monoisotopic (exact) mass is 339 g/mol. The van der Waals surface area contributed by atoms with Crippen LogP contribution in [0.15, 0.2) is 12.1 Å². The highest BCUT2D eigenvalue weighted by Gasteiger charge is 2.20. The van der Waals surface area contributed by atoms with Gasteiger partial charge in [-0.3, -0.25) is 0 Å². The zero-order valence-electron chi connectivity index (χ0n) is 10.8. The summed E-state index contributed by atoms with van der Waals surface area (Å²) in [4.78, 5) is 0.514. The van der Waals surface area contributed by atoms with Gasteiger partial charge in [0.2, 0.25) is 0 Å². The third-order valence-electron chi connectivity index (χ3n) is 2.85. The van der Waals surface area contributed by atoms with Gasteiger partial charge in [-0.15, -0.1) is 0 Å². The van der Waals surface area contributed by atoms with Gasteiger partial charge in [-0.1, -0.05) is 60.9 Å². The van der Waals surface area contributed by atoms with Crippen molar-refractivity contribution in [3.63, 3.8) is 0 Å². The molecule has 0 spiro atoms. The van der Waals surface area contributed by atoms with E-state index in [2.05, 4.69) is 0 Å². The highest BCUT2D eigenvalue weighted by Crippen LogP contribution is 2.34. The topological polar surface area (TPSA) is 35.2 Å². The molecule has 0 fully saturated rings. The first-order valence-corrected chi connectivity index (χ1v) is 7.35. The fourth-order valence-electron chi connectivity index (χ4n) is 1.43. The lowest BCUT2D eigenvalue weighted by Crippen LogP contribution is -2.30. The summed E-state index contributed by atoms with van der Waals surface area (Å²) < 4.78 is 5.59. The second-order valence-corrected chi connectivity index (χ2v) is 6.56. The molecule has 1 aromatic rings. The van der Waals surface area contributed by atoms with Crippen LogP contribution in [0.1, 0.15) is 26.7 Å². The molecule has 0 unspecified atom stereocenters. The minimum Gasteiger partial charge on any atom is -0.492 e. The summed E-state index contributed by atoms with van der Waals surface area (Å²) in [5.74, 6) is 0.532. The van der Waals surface area contributed by atoms with Gasteiger partial charge >= 0.3 is 0 Å². The Hall–Kier alpha value is -0.220. The Morgan fingerprint density at radius 1 is 1.21 bits per heavy atom. The van der Waals surface area contributed by atoms with Crippen molar-refractivity contribution < 1.29 is 4.74 Å². The Balaban J connectivity index is 2.51. The average Bonchev–Trinajstić information content (AvgIpc) is 2.30.